The van der Waals surface area contributed by atoms with Gasteiger partial charge in [-0.15, -0.1) is 0 Å². The number of hydrogen-bond acceptors (Lipinski definition) is 3. The minimum Gasteiger partial charge on any atom is -0.479 e. The fraction of sp³-hybridized carbons (Fsp3) is 0.316. The van der Waals surface area contributed by atoms with Gasteiger partial charge >= 0.3 is 5.97 Å². The van der Waals surface area contributed by atoms with Gasteiger partial charge in [-0.3, -0.25) is 0 Å². The number of ether oxygens (including phenoxy) is 2. The maximum atomic E-state index is 11.8. The quantitative estimate of drug-likeness (QED) is 0.668. The van der Waals surface area contributed by atoms with Crippen LogP contribution in [-0.4, -0.2) is 18.7 Å². The van der Waals surface area contributed by atoms with Crippen molar-refractivity contribution in [1.29, 1.82) is 0 Å². The molecule has 0 spiro atoms. The summed E-state index contributed by atoms with van der Waals surface area (Å²) in [5.41, 5.74) is 5.14. The number of rotatable bonds is 5. The summed E-state index contributed by atoms with van der Waals surface area (Å²) in [6, 6.07) is 14.5. The summed E-state index contributed by atoms with van der Waals surface area (Å²) in [5, 5.41) is 0. The van der Waals surface area contributed by atoms with Crippen molar-refractivity contribution in [3.63, 3.8) is 0 Å². The van der Waals surface area contributed by atoms with E-state index in [9.17, 15) is 4.79 Å². The summed E-state index contributed by atoms with van der Waals surface area (Å²) in [7, 11) is 0. The van der Waals surface area contributed by atoms with E-state index in [1.807, 2.05) is 19.1 Å². The molecule has 1 aliphatic carbocycles. The molecule has 1 atom stereocenters. The molecule has 0 fully saturated rings. The van der Waals surface area contributed by atoms with Crippen molar-refractivity contribution >= 4 is 5.97 Å². The number of esters is 1. The summed E-state index contributed by atoms with van der Waals surface area (Å²) < 4.78 is 10.9. The third-order valence-corrected chi connectivity index (χ3v) is 3.96. The van der Waals surface area contributed by atoms with E-state index in [1.165, 1.54) is 22.3 Å². The fourth-order valence-electron chi connectivity index (χ4n) is 2.89. The molecule has 1 aliphatic rings. The largest absolute Gasteiger partial charge is 0.479 e. The van der Waals surface area contributed by atoms with E-state index in [0.717, 1.165) is 12.2 Å². The Balaban J connectivity index is 1.81. The lowest BCUT2D eigenvalue weighted by molar-refractivity contribution is -0.151. The maximum absolute atomic E-state index is 11.8. The highest BCUT2D eigenvalue weighted by atomic mass is 16.6. The SMILES string of the molecule is CCOC(=O)C(CC)Oc1ccc2c(c1)Cc1ccccc1-2. The Bertz CT molecular complexity index is 691. The van der Waals surface area contributed by atoms with Crippen LogP contribution in [0.3, 0.4) is 0 Å². The highest BCUT2D eigenvalue weighted by Crippen LogP contribution is 2.38. The molecule has 0 amide bonds. The van der Waals surface area contributed by atoms with E-state index >= 15 is 0 Å². The summed E-state index contributed by atoms with van der Waals surface area (Å²) in [6.45, 7) is 4.10. The van der Waals surface area contributed by atoms with Gasteiger partial charge in [0, 0.05) is 0 Å². The lowest BCUT2D eigenvalue weighted by Gasteiger charge is -2.16. The number of fused-ring (bicyclic) bond motifs is 3. The zero-order valence-electron chi connectivity index (χ0n) is 13.0. The van der Waals surface area contributed by atoms with E-state index in [-0.39, 0.29) is 5.97 Å². The molecule has 0 bridgehead atoms. The van der Waals surface area contributed by atoms with Gasteiger partial charge in [0.2, 0.25) is 0 Å². The van der Waals surface area contributed by atoms with Gasteiger partial charge in [-0.25, -0.2) is 4.79 Å². The minimum absolute atomic E-state index is 0.297. The molecule has 0 aromatic heterocycles. The van der Waals surface area contributed by atoms with Crippen molar-refractivity contribution in [3.05, 3.63) is 53.6 Å². The summed E-state index contributed by atoms with van der Waals surface area (Å²) in [6.07, 6.45) is 0.969. The molecule has 3 nitrogen and oxygen atoms in total. The molecule has 2 aromatic carbocycles. The third kappa shape index (κ3) is 2.71. The van der Waals surface area contributed by atoms with Crippen LogP contribution in [0.1, 0.15) is 31.4 Å². The van der Waals surface area contributed by atoms with Gasteiger partial charge in [0.05, 0.1) is 6.61 Å². The average Bonchev–Trinajstić information content (AvgIpc) is 2.90. The first-order valence-corrected chi connectivity index (χ1v) is 7.77. The molecule has 0 N–H and O–H groups in total. The van der Waals surface area contributed by atoms with Gasteiger partial charge in [-0.1, -0.05) is 37.3 Å². The third-order valence-electron chi connectivity index (χ3n) is 3.96. The Labute approximate surface area is 130 Å². The summed E-state index contributed by atoms with van der Waals surface area (Å²) >= 11 is 0. The molecule has 1 unspecified atom stereocenters. The highest BCUT2D eigenvalue weighted by Gasteiger charge is 2.22. The second kappa shape index (κ2) is 6.22. The lowest BCUT2D eigenvalue weighted by atomic mass is 10.1. The average molecular weight is 296 g/mol. The summed E-state index contributed by atoms with van der Waals surface area (Å²) in [5.74, 6) is 0.431. The first-order chi connectivity index (χ1) is 10.7. The number of hydrogen-bond donors (Lipinski definition) is 0. The van der Waals surface area contributed by atoms with Crippen LogP contribution in [0.15, 0.2) is 42.5 Å². The predicted molar refractivity (Wildman–Crippen MR) is 86.0 cm³/mol. The van der Waals surface area contributed by atoms with Crippen LogP contribution >= 0.6 is 0 Å². The molecular weight excluding hydrogens is 276 g/mol. The second-order valence-corrected chi connectivity index (χ2v) is 5.42. The Morgan fingerprint density at radius 1 is 1.09 bits per heavy atom. The van der Waals surface area contributed by atoms with Crippen molar-refractivity contribution in [2.45, 2.75) is 32.8 Å². The van der Waals surface area contributed by atoms with Crippen LogP contribution in [0, 0.1) is 0 Å². The molecule has 3 heteroatoms. The molecule has 2 aromatic rings. The Morgan fingerprint density at radius 3 is 2.64 bits per heavy atom. The smallest absolute Gasteiger partial charge is 0.347 e. The lowest BCUT2D eigenvalue weighted by Crippen LogP contribution is -2.28. The second-order valence-electron chi connectivity index (χ2n) is 5.42. The normalized spacial score (nSPS) is 13.2. The van der Waals surface area contributed by atoms with Crippen LogP contribution in [-0.2, 0) is 16.0 Å². The minimum atomic E-state index is -0.540. The van der Waals surface area contributed by atoms with Gasteiger partial charge < -0.3 is 9.47 Å². The van der Waals surface area contributed by atoms with Gasteiger partial charge in [0.1, 0.15) is 5.75 Å². The van der Waals surface area contributed by atoms with Crippen LogP contribution in [0.2, 0.25) is 0 Å². The monoisotopic (exact) mass is 296 g/mol. The Hall–Kier alpha value is -2.29. The van der Waals surface area contributed by atoms with E-state index < -0.39 is 6.10 Å². The van der Waals surface area contributed by atoms with Gasteiger partial charge in [0.15, 0.2) is 6.10 Å². The number of carbonyl (C=O) groups excluding carboxylic acids is 1. The van der Waals surface area contributed by atoms with Crippen molar-refractivity contribution in [3.8, 4) is 16.9 Å². The predicted octanol–water partition coefficient (Wildman–Crippen LogP) is 3.98. The van der Waals surface area contributed by atoms with E-state index in [1.54, 1.807) is 6.92 Å². The Morgan fingerprint density at radius 2 is 1.86 bits per heavy atom. The molecule has 0 saturated carbocycles. The first-order valence-electron chi connectivity index (χ1n) is 7.77. The zero-order chi connectivity index (χ0) is 15.5. The van der Waals surface area contributed by atoms with E-state index in [0.29, 0.717) is 13.0 Å². The van der Waals surface area contributed by atoms with Crippen molar-refractivity contribution in [2.24, 2.45) is 0 Å². The van der Waals surface area contributed by atoms with Gasteiger partial charge in [0.25, 0.3) is 0 Å². The first kappa shape index (κ1) is 14.6. The molecular formula is C19H20O3. The molecule has 0 aliphatic heterocycles. The van der Waals surface area contributed by atoms with Gasteiger partial charge in [-0.05, 0) is 54.2 Å². The highest BCUT2D eigenvalue weighted by molar-refractivity contribution is 5.78. The van der Waals surface area contributed by atoms with Crippen LogP contribution in [0.25, 0.3) is 11.1 Å². The van der Waals surface area contributed by atoms with Crippen LogP contribution in [0.4, 0.5) is 0 Å². The molecule has 0 radical (unpaired) electrons. The van der Waals surface area contributed by atoms with Crippen LogP contribution < -0.4 is 4.74 Å². The standard InChI is InChI=1S/C19H20O3/c1-3-18(19(20)21-4-2)22-15-9-10-17-14(12-15)11-13-7-5-6-8-16(13)17/h5-10,12,18H,3-4,11H2,1-2H3. The summed E-state index contributed by atoms with van der Waals surface area (Å²) in [4.78, 5) is 11.8. The molecule has 22 heavy (non-hydrogen) atoms. The molecule has 114 valence electrons. The van der Waals surface area contributed by atoms with Crippen molar-refractivity contribution < 1.29 is 14.3 Å². The molecule has 0 heterocycles. The topological polar surface area (TPSA) is 35.5 Å². The molecule has 3 rings (SSSR count). The Kier molecular flexibility index (Phi) is 4.14. The number of benzene rings is 2. The number of carbonyl (C=O) groups is 1. The van der Waals surface area contributed by atoms with Gasteiger partial charge in [-0.2, -0.15) is 0 Å². The fourth-order valence-corrected chi connectivity index (χ4v) is 2.89. The van der Waals surface area contributed by atoms with Crippen molar-refractivity contribution in [2.75, 3.05) is 6.61 Å². The van der Waals surface area contributed by atoms with Crippen molar-refractivity contribution in [1.82, 2.24) is 0 Å². The zero-order valence-corrected chi connectivity index (χ0v) is 13.0. The maximum Gasteiger partial charge on any atom is 0.347 e. The van der Waals surface area contributed by atoms with E-state index in [2.05, 4.69) is 30.3 Å². The van der Waals surface area contributed by atoms with Crippen LogP contribution in [0.5, 0.6) is 5.75 Å². The molecule has 0 saturated heterocycles. The van der Waals surface area contributed by atoms with E-state index in [4.69, 9.17) is 9.47 Å².